The van der Waals surface area contributed by atoms with Crippen LogP contribution in [0.25, 0.3) is 0 Å². The van der Waals surface area contributed by atoms with Gasteiger partial charge in [0.15, 0.2) is 10.9 Å². The van der Waals surface area contributed by atoms with Crippen molar-refractivity contribution in [2.45, 2.75) is 20.5 Å². The summed E-state index contributed by atoms with van der Waals surface area (Å²) in [6, 6.07) is 11.9. The molecule has 2 aromatic carbocycles. The number of nitro groups is 1. The predicted octanol–water partition coefficient (Wildman–Crippen LogP) is 4.63. The summed E-state index contributed by atoms with van der Waals surface area (Å²) in [5.41, 5.74) is 2.13. The Kier molecular flexibility index (Phi) is 6.08. The van der Waals surface area contributed by atoms with E-state index in [0.717, 1.165) is 11.3 Å². The van der Waals surface area contributed by atoms with E-state index in [4.69, 9.17) is 9.47 Å². The van der Waals surface area contributed by atoms with Crippen LogP contribution < -0.4 is 14.4 Å². The number of thiazole rings is 1. The molecule has 0 spiro atoms. The molecule has 0 fully saturated rings. The van der Waals surface area contributed by atoms with Crippen molar-refractivity contribution in [2.75, 3.05) is 12.0 Å². The van der Waals surface area contributed by atoms with Gasteiger partial charge >= 0.3 is 5.69 Å². The molecule has 0 bridgehead atoms. The van der Waals surface area contributed by atoms with E-state index in [-0.39, 0.29) is 24.0 Å². The van der Waals surface area contributed by atoms with E-state index in [1.54, 1.807) is 11.4 Å². The van der Waals surface area contributed by atoms with Gasteiger partial charge in [-0.3, -0.25) is 19.8 Å². The lowest BCUT2D eigenvalue weighted by atomic mass is 10.2. The molecule has 0 aliphatic carbocycles. The molecule has 9 heteroatoms. The normalized spacial score (nSPS) is 10.4. The Morgan fingerprint density at radius 3 is 2.72 bits per heavy atom. The zero-order chi connectivity index (χ0) is 21.0. The quantitative estimate of drug-likeness (QED) is 0.414. The standard InChI is InChI=1S/C20H19N3O5S/c1-13-5-4-6-16(9-13)22(14(2)24)20-21-15(12-29-20)11-28-19-8-7-17(27-3)10-18(19)23(25)26/h4-10,12H,11H2,1-3H3. The number of anilines is 2. The molecule has 1 heterocycles. The number of carbonyl (C=O) groups is 1. The van der Waals surface area contributed by atoms with Gasteiger partial charge in [0.25, 0.3) is 0 Å². The molecule has 0 aliphatic heterocycles. The maximum absolute atomic E-state index is 12.2. The molecule has 0 saturated heterocycles. The number of benzene rings is 2. The van der Waals surface area contributed by atoms with E-state index in [1.807, 2.05) is 31.2 Å². The third kappa shape index (κ3) is 4.69. The minimum atomic E-state index is -0.528. The average molecular weight is 413 g/mol. The Morgan fingerprint density at radius 2 is 2.07 bits per heavy atom. The first-order chi connectivity index (χ1) is 13.9. The molecular weight excluding hydrogens is 394 g/mol. The third-order valence-electron chi connectivity index (χ3n) is 4.04. The van der Waals surface area contributed by atoms with E-state index in [1.165, 1.54) is 42.4 Å². The van der Waals surface area contributed by atoms with E-state index in [2.05, 4.69) is 4.98 Å². The van der Waals surface area contributed by atoms with Gasteiger partial charge in [-0.25, -0.2) is 4.98 Å². The monoisotopic (exact) mass is 413 g/mol. The highest BCUT2D eigenvalue weighted by Gasteiger charge is 2.20. The van der Waals surface area contributed by atoms with Crippen LogP contribution in [0.15, 0.2) is 47.8 Å². The topological polar surface area (TPSA) is 94.8 Å². The number of nitrogens with zero attached hydrogens (tertiary/aromatic N) is 3. The molecule has 0 saturated carbocycles. The molecule has 0 atom stereocenters. The van der Waals surface area contributed by atoms with Crippen LogP contribution in [-0.4, -0.2) is 22.9 Å². The largest absolute Gasteiger partial charge is 0.496 e. The van der Waals surface area contributed by atoms with Crippen molar-refractivity contribution >= 4 is 33.8 Å². The Bertz CT molecular complexity index is 1050. The lowest BCUT2D eigenvalue weighted by molar-refractivity contribution is -0.386. The molecule has 29 heavy (non-hydrogen) atoms. The van der Waals surface area contributed by atoms with Crippen molar-refractivity contribution < 1.29 is 19.2 Å². The van der Waals surface area contributed by atoms with Gasteiger partial charge in [-0.15, -0.1) is 11.3 Å². The molecule has 0 radical (unpaired) electrons. The second-order valence-electron chi connectivity index (χ2n) is 6.19. The number of rotatable bonds is 7. The van der Waals surface area contributed by atoms with Gasteiger partial charge < -0.3 is 9.47 Å². The predicted molar refractivity (Wildman–Crippen MR) is 110 cm³/mol. The first-order valence-electron chi connectivity index (χ1n) is 8.66. The van der Waals surface area contributed by atoms with Crippen molar-refractivity contribution in [3.63, 3.8) is 0 Å². The number of ether oxygens (including phenoxy) is 2. The minimum Gasteiger partial charge on any atom is -0.496 e. The Labute approximate surface area is 171 Å². The van der Waals surface area contributed by atoms with Gasteiger partial charge in [-0.05, 0) is 36.8 Å². The van der Waals surface area contributed by atoms with Crippen LogP contribution in [0.2, 0.25) is 0 Å². The molecule has 3 rings (SSSR count). The summed E-state index contributed by atoms with van der Waals surface area (Å²) in [5, 5.41) is 13.5. The summed E-state index contributed by atoms with van der Waals surface area (Å²) in [6.45, 7) is 3.45. The van der Waals surface area contributed by atoms with E-state index in [0.29, 0.717) is 16.6 Å². The summed E-state index contributed by atoms with van der Waals surface area (Å²) >= 11 is 1.30. The number of aromatic nitrogens is 1. The lowest BCUT2D eigenvalue weighted by Crippen LogP contribution is -2.22. The average Bonchev–Trinajstić information content (AvgIpc) is 3.14. The fourth-order valence-electron chi connectivity index (χ4n) is 2.70. The van der Waals surface area contributed by atoms with Crippen LogP contribution in [0.4, 0.5) is 16.5 Å². The van der Waals surface area contributed by atoms with E-state index < -0.39 is 4.92 Å². The number of nitro benzene ring substituents is 1. The summed E-state index contributed by atoms with van der Waals surface area (Å²) in [4.78, 5) is 28.9. The Balaban J connectivity index is 1.80. The van der Waals surface area contributed by atoms with Crippen LogP contribution in [0, 0.1) is 17.0 Å². The number of carbonyl (C=O) groups excluding carboxylic acids is 1. The number of amides is 1. The number of hydrogen-bond acceptors (Lipinski definition) is 7. The highest BCUT2D eigenvalue weighted by molar-refractivity contribution is 7.14. The Morgan fingerprint density at radius 1 is 1.28 bits per heavy atom. The van der Waals surface area contributed by atoms with Crippen molar-refractivity contribution in [1.82, 2.24) is 4.98 Å². The van der Waals surface area contributed by atoms with Gasteiger partial charge in [0.05, 0.1) is 29.5 Å². The first kappa shape index (κ1) is 20.3. The first-order valence-corrected chi connectivity index (χ1v) is 9.54. The molecule has 0 unspecified atom stereocenters. The van der Waals surface area contributed by atoms with Crippen molar-refractivity contribution in [2.24, 2.45) is 0 Å². The van der Waals surface area contributed by atoms with Gasteiger partial charge in [-0.1, -0.05) is 12.1 Å². The maximum atomic E-state index is 12.2. The molecule has 0 aliphatic rings. The van der Waals surface area contributed by atoms with Crippen LogP contribution in [0.5, 0.6) is 11.5 Å². The highest BCUT2D eigenvalue weighted by Crippen LogP contribution is 2.33. The molecule has 1 amide bonds. The van der Waals surface area contributed by atoms with E-state index in [9.17, 15) is 14.9 Å². The molecule has 8 nitrogen and oxygen atoms in total. The number of aryl methyl sites for hydroxylation is 1. The van der Waals surface area contributed by atoms with Gasteiger partial charge in [0, 0.05) is 12.3 Å². The molecular formula is C20H19N3O5S. The van der Waals surface area contributed by atoms with Gasteiger partial charge in [0.1, 0.15) is 12.4 Å². The SMILES string of the molecule is COc1ccc(OCc2csc(N(C(C)=O)c3cccc(C)c3)n2)c([N+](=O)[O-])c1. The number of hydrogen-bond donors (Lipinski definition) is 0. The minimum absolute atomic E-state index is 0.0310. The zero-order valence-corrected chi connectivity index (χ0v) is 16.9. The molecule has 150 valence electrons. The van der Waals surface area contributed by atoms with Crippen LogP contribution in [-0.2, 0) is 11.4 Å². The van der Waals surface area contributed by atoms with Crippen LogP contribution in [0.3, 0.4) is 0 Å². The summed E-state index contributed by atoms with van der Waals surface area (Å²) in [6.07, 6.45) is 0. The van der Waals surface area contributed by atoms with Crippen molar-refractivity contribution in [1.29, 1.82) is 0 Å². The highest BCUT2D eigenvalue weighted by atomic mass is 32.1. The molecule has 3 aromatic rings. The second-order valence-corrected chi connectivity index (χ2v) is 7.03. The zero-order valence-electron chi connectivity index (χ0n) is 16.1. The summed E-state index contributed by atoms with van der Waals surface area (Å²) in [5.74, 6) is 0.325. The van der Waals surface area contributed by atoms with Crippen LogP contribution in [0.1, 0.15) is 18.2 Å². The number of methoxy groups -OCH3 is 1. The Hall–Kier alpha value is -3.46. The second kappa shape index (κ2) is 8.70. The molecule has 0 N–H and O–H groups in total. The van der Waals surface area contributed by atoms with E-state index >= 15 is 0 Å². The fourth-order valence-corrected chi connectivity index (χ4v) is 3.57. The smallest absolute Gasteiger partial charge is 0.314 e. The summed E-state index contributed by atoms with van der Waals surface area (Å²) < 4.78 is 10.6. The summed E-state index contributed by atoms with van der Waals surface area (Å²) in [7, 11) is 1.44. The fraction of sp³-hybridized carbons (Fsp3) is 0.200. The van der Waals surface area contributed by atoms with Crippen molar-refractivity contribution in [3.05, 3.63) is 69.2 Å². The van der Waals surface area contributed by atoms with Crippen LogP contribution >= 0.6 is 11.3 Å². The van der Waals surface area contributed by atoms with Gasteiger partial charge in [0.2, 0.25) is 5.91 Å². The van der Waals surface area contributed by atoms with Gasteiger partial charge in [-0.2, -0.15) is 0 Å². The molecule has 1 aromatic heterocycles. The van der Waals surface area contributed by atoms with Crippen molar-refractivity contribution in [3.8, 4) is 11.5 Å². The third-order valence-corrected chi connectivity index (χ3v) is 4.92. The maximum Gasteiger partial charge on any atom is 0.314 e. The lowest BCUT2D eigenvalue weighted by Gasteiger charge is -2.18.